The lowest BCUT2D eigenvalue weighted by Crippen LogP contribution is -2.32. The standard InChI is InChI=1S/C14H31N/c1-6-8-9-10-13(14(3,4)5)12-15-11-7-2/h13,15H,6-12H2,1-5H3. The van der Waals surface area contributed by atoms with E-state index >= 15 is 0 Å². The zero-order chi connectivity index (χ0) is 11.7. The van der Waals surface area contributed by atoms with Gasteiger partial charge < -0.3 is 5.32 Å². The molecule has 15 heavy (non-hydrogen) atoms. The average Bonchev–Trinajstić information content (AvgIpc) is 2.14. The second-order valence-electron chi connectivity index (χ2n) is 5.76. The molecular weight excluding hydrogens is 182 g/mol. The van der Waals surface area contributed by atoms with Crippen LogP contribution in [0.25, 0.3) is 0 Å². The third-order valence-corrected chi connectivity index (χ3v) is 3.20. The number of hydrogen-bond acceptors (Lipinski definition) is 1. The maximum Gasteiger partial charge on any atom is -0.00155 e. The molecule has 0 saturated carbocycles. The highest BCUT2D eigenvalue weighted by atomic mass is 14.9. The summed E-state index contributed by atoms with van der Waals surface area (Å²) in [4.78, 5) is 0. The van der Waals surface area contributed by atoms with E-state index in [-0.39, 0.29) is 0 Å². The van der Waals surface area contributed by atoms with Crippen LogP contribution < -0.4 is 5.32 Å². The highest BCUT2D eigenvalue weighted by Gasteiger charge is 2.23. The maximum atomic E-state index is 3.57. The molecule has 0 radical (unpaired) electrons. The van der Waals surface area contributed by atoms with Crippen molar-refractivity contribution < 1.29 is 0 Å². The third kappa shape index (κ3) is 7.84. The lowest BCUT2D eigenvalue weighted by atomic mass is 9.77. The second kappa shape index (κ2) is 8.15. The van der Waals surface area contributed by atoms with Gasteiger partial charge in [0.05, 0.1) is 0 Å². The fraction of sp³-hybridized carbons (Fsp3) is 1.00. The Balaban J connectivity index is 3.85. The van der Waals surface area contributed by atoms with Crippen LogP contribution in [0.5, 0.6) is 0 Å². The number of nitrogens with one attached hydrogen (secondary N) is 1. The van der Waals surface area contributed by atoms with Crippen LogP contribution in [-0.2, 0) is 0 Å². The van der Waals surface area contributed by atoms with Gasteiger partial charge in [0, 0.05) is 0 Å². The van der Waals surface area contributed by atoms with E-state index in [0.29, 0.717) is 5.41 Å². The van der Waals surface area contributed by atoms with E-state index in [1.807, 2.05) is 0 Å². The molecule has 1 nitrogen and oxygen atoms in total. The first kappa shape index (κ1) is 15.0. The molecule has 0 fully saturated rings. The van der Waals surface area contributed by atoms with E-state index in [4.69, 9.17) is 0 Å². The van der Waals surface area contributed by atoms with Crippen molar-refractivity contribution in [1.82, 2.24) is 5.32 Å². The summed E-state index contributed by atoms with van der Waals surface area (Å²) in [5.74, 6) is 0.829. The molecule has 0 saturated heterocycles. The van der Waals surface area contributed by atoms with E-state index in [1.54, 1.807) is 0 Å². The predicted molar refractivity (Wildman–Crippen MR) is 70.2 cm³/mol. The van der Waals surface area contributed by atoms with Gasteiger partial charge in [-0.1, -0.05) is 53.9 Å². The van der Waals surface area contributed by atoms with Crippen LogP contribution in [0, 0.1) is 11.3 Å². The van der Waals surface area contributed by atoms with Crippen molar-refractivity contribution in [3.8, 4) is 0 Å². The summed E-state index contributed by atoms with van der Waals surface area (Å²) in [5, 5.41) is 3.57. The van der Waals surface area contributed by atoms with Crippen molar-refractivity contribution in [3.63, 3.8) is 0 Å². The zero-order valence-corrected chi connectivity index (χ0v) is 11.5. The first-order chi connectivity index (χ1) is 7.02. The molecule has 92 valence electrons. The smallest absolute Gasteiger partial charge is 0.00155 e. The molecule has 0 rings (SSSR count). The van der Waals surface area contributed by atoms with Gasteiger partial charge in [-0.25, -0.2) is 0 Å². The molecule has 0 aliphatic carbocycles. The van der Waals surface area contributed by atoms with Gasteiger partial charge in [0.1, 0.15) is 0 Å². The van der Waals surface area contributed by atoms with Crippen molar-refractivity contribution in [2.24, 2.45) is 11.3 Å². The minimum absolute atomic E-state index is 0.453. The Labute approximate surface area is 97.0 Å². The molecule has 0 aliphatic rings. The van der Waals surface area contributed by atoms with E-state index in [9.17, 15) is 0 Å². The van der Waals surface area contributed by atoms with Gasteiger partial charge in [0.2, 0.25) is 0 Å². The zero-order valence-electron chi connectivity index (χ0n) is 11.5. The highest BCUT2D eigenvalue weighted by Crippen LogP contribution is 2.29. The van der Waals surface area contributed by atoms with Crippen molar-refractivity contribution >= 4 is 0 Å². The maximum absolute atomic E-state index is 3.57. The van der Waals surface area contributed by atoms with Crippen LogP contribution in [0.1, 0.15) is 66.7 Å². The Hall–Kier alpha value is -0.0400. The topological polar surface area (TPSA) is 12.0 Å². The monoisotopic (exact) mass is 213 g/mol. The van der Waals surface area contributed by atoms with Crippen LogP contribution in [0.4, 0.5) is 0 Å². The molecule has 1 unspecified atom stereocenters. The summed E-state index contributed by atoms with van der Waals surface area (Å²) in [5.41, 5.74) is 0.453. The molecule has 0 aromatic heterocycles. The largest absolute Gasteiger partial charge is 0.316 e. The lowest BCUT2D eigenvalue weighted by molar-refractivity contribution is 0.213. The number of unbranched alkanes of at least 4 members (excludes halogenated alkanes) is 2. The molecule has 0 aliphatic heterocycles. The average molecular weight is 213 g/mol. The summed E-state index contributed by atoms with van der Waals surface area (Å²) in [6.07, 6.45) is 6.74. The summed E-state index contributed by atoms with van der Waals surface area (Å²) < 4.78 is 0. The van der Waals surface area contributed by atoms with Gasteiger partial charge in [-0.05, 0) is 37.3 Å². The Morgan fingerprint density at radius 2 is 1.67 bits per heavy atom. The first-order valence-corrected chi connectivity index (χ1v) is 6.73. The van der Waals surface area contributed by atoms with Crippen LogP contribution in [0.2, 0.25) is 0 Å². The molecule has 0 heterocycles. The highest BCUT2D eigenvalue weighted by molar-refractivity contribution is 4.75. The summed E-state index contributed by atoms with van der Waals surface area (Å²) in [6, 6.07) is 0. The van der Waals surface area contributed by atoms with Gasteiger partial charge in [-0.15, -0.1) is 0 Å². The second-order valence-corrected chi connectivity index (χ2v) is 5.76. The van der Waals surface area contributed by atoms with Crippen LogP contribution in [-0.4, -0.2) is 13.1 Å². The Bertz CT molecular complexity index is 125. The predicted octanol–water partition coefficient (Wildman–Crippen LogP) is 4.23. The molecule has 1 atom stereocenters. The van der Waals surface area contributed by atoms with Gasteiger partial charge in [0.15, 0.2) is 0 Å². The Kier molecular flexibility index (Phi) is 8.13. The van der Waals surface area contributed by atoms with Gasteiger partial charge >= 0.3 is 0 Å². The molecule has 0 spiro atoms. The minimum Gasteiger partial charge on any atom is -0.316 e. The van der Waals surface area contributed by atoms with E-state index in [0.717, 1.165) is 5.92 Å². The molecule has 1 N–H and O–H groups in total. The lowest BCUT2D eigenvalue weighted by Gasteiger charge is -2.31. The van der Waals surface area contributed by atoms with Crippen molar-refractivity contribution in [2.45, 2.75) is 66.7 Å². The minimum atomic E-state index is 0.453. The molecule has 0 bridgehead atoms. The fourth-order valence-corrected chi connectivity index (χ4v) is 1.94. The molecule has 0 aromatic rings. The summed E-state index contributed by atoms with van der Waals surface area (Å²) >= 11 is 0. The van der Waals surface area contributed by atoms with E-state index < -0.39 is 0 Å². The Morgan fingerprint density at radius 3 is 2.13 bits per heavy atom. The van der Waals surface area contributed by atoms with Crippen LogP contribution in [0.3, 0.4) is 0 Å². The third-order valence-electron chi connectivity index (χ3n) is 3.20. The van der Waals surface area contributed by atoms with Crippen molar-refractivity contribution in [2.75, 3.05) is 13.1 Å². The molecule has 0 amide bonds. The quantitative estimate of drug-likeness (QED) is 0.595. The SMILES string of the molecule is CCCCCC(CNCCC)C(C)(C)C. The van der Waals surface area contributed by atoms with E-state index in [2.05, 4.69) is 39.9 Å². The van der Waals surface area contributed by atoms with Crippen LogP contribution >= 0.6 is 0 Å². The molecule has 0 aromatic carbocycles. The number of hydrogen-bond donors (Lipinski definition) is 1. The molecular formula is C14H31N. The van der Waals surface area contributed by atoms with Gasteiger partial charge in [0.25, 0.3) is 0 Å². The van der Waals surface area contributed by atoms with Crippen molar-refractivity contribution in [3.05, 3.63) is 0 Å². The van der Waals surface area contributed by atoms with Crippen molar-refractivity contribution in [1.29, 1.82) is 0 Å². The Morgan fingerprint density at radius 1 is 1.00 bits per heavy atom. The first-order valence-electron chi connectivity index (χ1n) is 6.73. The van der Waals surface area contributed by atoms with E-state index in [1.165, 1.54) is 45.2 Å². The normalized spacial score (nSPS) is 14.2. The molecule has 1 heteroatoms. The van der Waals surface area contributed by atoms with Gasteiger partial charge in [-0.3, -0.25) is 0 Å². The van der Waals surface area contributed by atoms with Crippen LogP contribution in [0.15, 0.2) is 0 Å². The fourth-order valence-electron chi connectivity index (χ4n) is 1.94. The summed E-state index contributed by atoms with van der Waals surface area (Å²) in [6.45, 7) is 14.0. The number of rotatable bonds is 8. The van der Waals surface area contributed by atoms with Gasteiger partial charge in [-0.2, -0.15) is 0 Å². The summed E-state index contributed by atoms with van der Waals surface area (Å²) in [7, 11) is 0.